The lowest BCUT2D eigenvalue weighted by atomic mass is 9.90. The van der Waals surface area contributed by atoms with E-state index in [0.29, 0.717) is 18.7 Å². The van der Waals surface area contributed by atoms with Crippen LogP contribution in [-0.4, -0.2) is 29.8 Å². The third-order valence-corrected chi connectivity index (χ3v) is 5.13. The number of likely N-dealkylation sites (tertiary alicyclic amines) is 1. The zero-order chi connectivity index (χ0) is 21.0. The van der Waals surface area contributed by atoms with Gasteiger partial charge in [0.05, 0.1) is 5.92 Å². The maximum Gasteiger partial charge on any atom is 0.229 e. The molecule has 1 aliphatic rings. The Morgan fingerprint density at radius 3 is 2.52 bits per heavy atom. The minimum Gasteiger partial charge on any atom is -0.342 e. The Morgan fingerprint density at radius 1 is 1.10 bits per heavy atom. The van der Waals surface area contributed by atoms with Gasteiger partial charge in [-0.1, -0.05) is 45.0 Å². The van der Waals surface area contributed by atoms with E-state index in [2.05, 4.69) is 5.32 Å². The zero-order valence-corrected chi connectivity index (χ0v) is 17.4. The first-order valence-corrected chi connectivity index (χ1v) is 10.2. The summed E-state index contributed by atoms with van der Waals surface area (Å²) in [4.78, 5) is 27.2. The molecular formula is C24H29FN2O2. The van der Waals surface area contributed by atoms with Crippen LogP contribution in [0, 0.1) is 17.2 Å². The number of anilines is 1. The number of halogens is 1. The number of nitrogens with one attached hydrogen (secondary N) is 1. The van der Waals surface area contributed by atoms with Gasteiger partial charge < -0.3 is 10.2 Å². The molecule has 1 atom stereocenters. The summed E-state index contributed by atoms with van der Waals surface area (Å²) in [6.45, 7) is 7.34. The van der Waals surface area contributed by atoms with Crippen LogP contribution in [-0.2, 0) is 9.59 Å². The van der Waals surface area contributed by atoms with Crippen LogP contribution in [0.5, 0.6) is 0 Å². The van der Waals surface area contributed by atoms with Crippen LogP contribution in [0.3, 0.4) is 0 Å². The third kappa shape index (κ3) is 5.89. The molecule has 2 aromatic rings. The number of carbonyl (C=O) groups is 2. The molecule has 0 unspecified atom stereocenters. The average Bonchev–Trinajstić information content (AvgIpc) is 2.67. The Morgan fingerprint density at radius 2 is 1.83 bits per heavy atom. The second-order valence-corrected chi connectivity index (χ2v) is 8.99. The van der Waals surface area contributed by atoms with Gasteiger partial charge in [0.2, 0.25) is 11.8 Å². The van der Waals surface area contributed by atoms with Crippen molar-refractivity contribution in [3.63, 3.8) is 0 Å². The molecule has 0 saturated carbocycles. The van der Waals surface area contributed by atoms with Crippen molar-refractivity contribution in [3.8, 4) is 11.1 Å². The maximum atomic E-state index is 13.2. The van der Waals surface area contributed by atoms with Crippen molar-refractivity contribution in [2.24, 2.45) is 11.3 Å². The zero-order valence-electron chi connectivity index (χ0n) is 17.4. The lowest BCUT2D eigenvalue weighted by molar-refractivity contribution is -0.136. The van der Waals surface area contributed by atoms with E-state index < -0.39 is 0 Å². The summed E-state index contributed by atoms with van der Waals surface area (Å²) in [6, 6.07) is 13.8. The summed E-state index contributed by atoms with van der Waals surface area (Å²) in [5, 5.41) is 2.99. The molecule has 0 aliphatic carbocycles. The summed E-state index contributed by atoms with van der Waals surface area (Å²) < 4.78 is 13.2. The second-order valence-electron chi connectivity index (χ2n) is 8.99. The van der Waals surface area contributed by atoms with E-state index in [1.54, 1.807) is 12.1 Å². The molecule has 4 nitrogen and oxygen atoms in total. The number of nitrogens with zero attached hydrogens (tertiary/aromatic N) is 1. The highest BCUT2D eigenvalue weighted by molar-refractivity contribution is 5.93. The number of piperidine rings is 1. The fourth-order valence-corrected chi connectivity index (χ4v) is 3.65. The Balaban J connectivity index is 1.64. The molecule has 0 radical (unpaired) electrons. The van der Waals surface area contributed by atoms with Crippen molar-refractivity contribution in [2.45, 2.75) is 40.0 Å². The van der Waals surface area contributed by atoms with E-state index in [-0.39, 0.29) is 29.0 Å². The first kappa shape index (κ1) is 21.0. The Hall–Kier alpha value is -2.69. The first-order chi connectivity index (χ1) is 13.7. The molecule has 0 aromatic heterocycles. The van der Waals surface area contributed by atoms with Gasteiger partial charge in [0.15, 0.2) is 0 Å². The van der Waals surface area contributed by atoms with E-state index in [0.717, 1.165) is 30.5 Å². The van der Waals surface area contributed by atoms with Gasteiger partial charge in [0.25, 0.3) is 0 Å². The van der Waals surface area contributed by atoms with E-state index in [9.17, 15) is 14.0 Å². The number of amides is 2. The smallest absolute Gasteiger partial charge is 0.229 e. The Bertz CT molecular complexity index is 871. The Labute approximate surface area is 172 Å². The van der Waals surface area contributed by atoms with Crippen LogP contribution in [0.4, 0.5) is 10.1 Å². The van der Waals surface area contributed by atoms with Crippen molar-refractivity contribution in [2.75, 3.05) is 18.4 Å². The van der Waals surface area contributed by atoms with Gasteiger partial charge in [-0.05, 0) is 53.6 Å². The number of carbonyl (C=O) groups excluding carboxylic acids is 2. The van der Waals surface area contributed by atoms with Crippen molar-refractivity contribution in [1.82, 2.24) is 4.90 Å². The fraction of sp³-hybridized carbons (Fsp3) is 0.417. The van der Waals surface area contributed by atoms with Crippen LogP contribution in [0.1, 0.15) is 40.0 Å². The SMILES string of the molecule is CC(C)(C)CC(=O)N1CCC[C@@H](C(=O)Nc2cccc(-c3ccc(F)cc3)c2)C1. The average molecular weight is 397 g/mol. The third-order valence-electron chi connectivity index (χ3n) is 5.13. The lowest BCUT2D eigenvalue weighted by Crippen LogP contribution is -2.44. The number of hydrogen-bond donors (Lipinski definition) is 1. The van der Waals surface area contributed by atoms with Gasteiger partial charge >= 0.3 is 0 Å². The maximum absolute atomic E-state index is 13.2. The summed E-state index contributed by atoms with van der Waals surface area (Å²) in [5.74, 6) is -0.425. The molecule has 2 amide bonds. The first-order valence-electron chi connectivity index (χ1n) is 10.2. The van der Waals surface area contributed by atoms with Crippen molar-refractivity contribution in [1.29, 1.82) is 0 Å². The van der Waals surface area contributed by atoms with E-state index in [1.165, 1.54) is 12.1 Å². The molecule has 2 aromatic carbocycles. The molecule has 1 saturated heterocycles. The van der Waals surface area contributed by atoms with Gasteiger partial charge in [0, 0.05) is 25.2 Å². The highest BCUT2D eigenvalue weighted by atomic mass is 19.1. The quantitative estimate of drug-likeness (QED) is 0.781. The monoisotopic (exact) mass is 396 g/mol. The minimum absolute atomic E-state index is 0.0606. The molecule has 1 aliphatic heterocycles. The molecular weight excluding hydrogens is 367 g/mol. The van der Waals surface area contributed by atoms with Crippen LogP contribution >= 0.6 is 0 Å². The van der Waals surface area contributed by atoms with Crippen LogP contribution in [0.2, 0.25) is 0 Å². The van der Waals surface area contributed by atoms with Gasteiger partial charge in [-0.3, -0.25) is 9.59 Å². The summed E-state index contributed by atoms with van der Waals surface area (Å²) in [5.41, 5.74) is 2.44. The number of benzene rings is 2. The van der Waals surface area contributed by atoms with Gasteiger partial charge in [-0.15, -0.1) is 0 Å². The molecule has 1 fully saturated rings. The number of hydrogen-bond acceptors (Lipinski definition) is 2. The highest BCUT2D eigenvalue weighted by Gasteiger charge is 2.30. The lowest BCUT2D eigenvalue weighted by Gasteiger charge is -2.33. The summed E-state index contributed by atoms with van der Waals surface area (Å²) in [6.07, 6.45) is 2.10. The highest BCUT2D eigenvalue weighted by Crippen LogP contribution is 2.26. The van der Waals surface area contributed by atoms with Crippen molar-refractivity contribution in [3.05, 3.63) is 54.3 Å². The Kier molecular flexibility index (Phi) is 6.36. The predicted octanol–water partition coefficient (Wildman–Crippen LogP) is 5.11. The van der Waals surface area contributed by atoms with Gasteiger partial charge in [-0.2, -0.15) is 0 Å². The molecule has 29 heavy (non-hydrogen) atoms. The van der Waals surface area contributed by atoms with Crippen LogP contribution in [0.25, 0.3) is 11.1 Å². The molecule has 1 N–H and O–H groups in total. The van der Waals surface area contributed by atoms with Gasteiger partial charge in [-0.25, -0.2) is 4.39 Å². The topological polar surface area (TPSA) is 49.4 Å². The van der Waals surface area contributed by atoms with Crippen molar-refractivity contribution >= 4 is 17.5 Å². The molecule has 3 rings (SSSR count). The molecule has 1 heterocycles. The van der Waals surface area contributed by atoms with E-state index in [4.69, 9.17) is 0 Å². The molecule has 0 spiro atoms. The number of rotatable bonds is 4. The molecule has 0 bridgehead atoms. The normalized spacial score (nSPS) is 17.1. The largest absolute Gasteiger partial charge is 0.342 e. The van der Waals surface area contributed by atoms with Crippen LogP contribution < -0.4 is 5.32 Å². The predicted molar refractivity (Wildman–Crippen MR) is 114 cm³/mol. The second kappa shape index (κ2) is 8.76. The molecule has 5 heteroatoms. The van der Waals surface area contributed by atoms with E-state index in [1.807, 2.05) is 49.9 Å². The summed E-state index contributed by atoms with van der Waals surface area (Å²) >= 11 is 0. The van der Waals surface area contributed by atoms with Gasteiger partial charge in [0.1, 0.15) is 5.82 Å². The van der Waals surface area contributed by atoms with E-state index >= 15 is 0 Å². The molecule has 154 valence electrons. The standard InChI is InChI=1S/C24H29FN2O2/c1-24(2,3)15-22(28)27-13-5-7-19(16-27)23(29)26-21-8-4-6-18(14-21)17-9-11-20(25)12-10-17/h4,6,8-12,14,19H,5,7,13,15-16H2,1-3H3,(H,26,29)/t19-/m1/s1. The fourth-order valence-electron chi connectivity index (χ4n) is 3.65. The van der Waals surface area contributed by atoms with Crippen LogP contribution in [0.15, 0.2) is 48.5 Å². The minimum atomic E-state index is -0.277. The summed E-state index contributed by atoms with van der Waals surface area (Å²) in [7, 11) is 0. The van der Waals surface area contributed by atoms with Crippen molar-refractivity contribution < 1.29 is 14.0 Å².